The van der Waals surface area contributed by atoms with Crippen molar-refractivity contribution in [3.63, 3.8) is 0 Å². The fourth-order valence-electron chi connectivity index (χ4n) is 2.76. The normalized spacial score (nSPS) is 17.6. The van der Waals surface area contributed by atoms with Gasteiger partial charge in [0.2, 0.25) is 0 Å². The lowest BCUT2D eigenvalue weighted by Crippen LogP contribution is -2.45. The Morgan fingerprint density at radius 3 is 2.70 bits per heavy atom. The van der Waals surface area contributed by atoms with Gasteiger partial charge in [-0.3, -0.25) is 0 Å². The molecular weight excluding hydrogens is 248 g/mol. The summed E-state index contributed by atoms with van der Waals surface area (Å²) in [5.74, 6) is 0.974. The van der Waals surface area contributed by atoms with Crippen LogP contribution in [0.2, 0.25) is 0 Å². The molecule has 0 amide bonds. The fourth-order valence-corrected chi connectivity index (χ4v) is 2.76. The van der Waals surface area contributed by atoms with Crippen molar-refractivity contribution < 1.29 is 4.74 Å². The Hall–Kier alpha value is -1.06. The van der Waals surface area contributed by atoms with Gasteiger partial charge in [-0.05, 0) is 64.4 Å². The van der Waals surface area contributed by atoms with E-state index in [-0.39, 0.29) is 0 Å². The topological polar surface area (TPSA) is 24.5 Å². The zero-order chi connectivity index (χ0) is 14.4. The molecule has 0 aromatic heterocycles. The number of rotatable bonds is 6. The molecule has 112 valence electrons. The quantitative estimate of drug-likeness (QED) is 0.809. The molecule has 3 heteroatoms. The van der Waals surface area contributed by atoms with Gasteiger partial charge in [-0.2, -0.15) is 0 Å². The first-order chi connectivity index (χ1) is 9.65. The van der Waals surface area contributed by atoms with E-state index in [1.54, 1.807) is 0 Å². The summed E-state index contributed by atoms with van der Waals surface area (Å²) in [6.07, 6.45) is 2.51. The van der Waals surface area contributed by atoms with Crippen LogP contribution >= 0.6 is 0 Å². The summed E-state index contributed by atoms with van der Waals surface area (Å²) in [4.78, 5) is 2.56. The lowest BCUT2D eigenvalue weighted by Gasteiger charge is -2.35. The highest BCUT2D eigenvalue weighted by atomic mass is 16.5. The molecule has 1 saturated heterocycles. The van der Waals surface area contributed by atoms with Crippen molar-refractivity contribution >= 4 is 0 Å². The van der Waals surface area contributed by atoms with Crippen molar-refractivity contribution in [2.75, 3.05) is 26.2 Å². The number of aryl methyl sites for hydroxylation is 1. The lowest BCUT2D eigenvalue weighted by atomic mass is 10.0. The predicted molar refractivity (Wildman–Crippen MR) is 84.4 cm³/mol. The molecule has 1 aliphatic heterocycles. The van der Waals surface area contributed by atoms with Gasteiger partial charge in [0.25, 0.3) is 0 Å². The SMILES string of the molecule is Cc1cccc(OCCNC2CCN(C(C)C)CC2)c1. The van der Waals surface area contributed by atoms with Crippen LogP contribution in [0.25, 0.3) is 0 Å². The van der Waals surface area contributed by atoms with Crippen LogP contribution in [0, 0.1) is 6.92 Å². The summed E-state index contributed by atoms with van der Waals surface area (Å²) >= 11 is 0. The van der Waals surface area contributed by atoms with Gasteiger partial charge in [-0.1, -0.05) is 12.1 Å². The summed E-state index contributed by atoms with van der Waals surface area (Å²) in [6, 6.07) is 9.58. The van der Waals surface area contributed by atoms with Gasteiger partial charge in [-0.25, -0.2) is 0 Å². The van der Waals surface area contributed by atoms with Crippen LogP contribution in [-0.2, 0) is 0 Å². The van der Waals surface area contributed by atoms with Crippen molar-refractivity contribution in [1.82, 2.24) is 10.2 Å². The molecule has 2 rings (SSSR count). The third-order valence-corrected chi connectivity index (χ3v) is 4.05. The molecule has 0 atom stereocenters. The monoisotopic (exact) mass is 276 g/mol. The molecule has 1 N–H and O–H groups in total. The molecule has 0 radical (unpaired) electrons. The second kappa shape index (κ2) is 7.65. The number of piperidine rings is 1. The highest BCUT2D eigenvalue weighted by Crippen LogP contribution is 2.13. The summed E-state index contributed by atoms with van der Waals surface area (Å²) in [7, 11) is 0. The molecule has 1 aromatic rings. The van der Waals surface area contributed by atoms with E-state index in [1.807, 2.05) is 12.1 Å². The number of hydrogen-bond donors (Lipinski definition) is 1. The molecule has 0 spiro atoms. The number of nitrogens with one attached hydrogen (secondary N) is 1. The molecule has 1 aromatic carbocycles. The van der Waals surface area contributed by atoms with Crippen LogP contribution in [0.5, 0.6) is 5.75 Å². The van der Waals surface area contributed by atoms with Crippen LogP contribution in [0.3, 0.4) is 0 Å². The molecule has 20 heavy (non-hydrogen) atoms. The number of hydrogen-bond acceptors (Lipinski definition) is 3. The van der Waals surface area contributed by atoms with Gasteiger partial charge < -0.3 is 15.0 Å². The summed E-state index contributed by atoms with van der Waals surface area (Å²) in [6.45, 7) is 10.8. The van der Waals surface area contributed by atoms with Crippen molar-refractivity contribution in [3.05, 3.63) is 29.8 Å². The Morgan fingerprint density at radius 1 is 1.30 bits per heavy atom. The minimum absolute atomic E-state index is 0.658. The third-order valence-electron chi connectivity index (χ3n) is 4.05. The third kappa shape index (κ3) is 4.80. The Labute approximate surface area is 123 Å². The van der Waals surface area contributed by atoms with E-state index in [1.165, 1.54) is 31.5 Å². The summed E-state index contributed by atoms with van der Waals surface area (Å²) < 4.78 is 5.76. The number of benzene rings is 1. The average Bonchev–Trinajstić information content (AvgIpc) is 2.44. The maximum atomic E-state index is 5.76. The Morgan fingerprint density at radius 2 is 2.05 bits per heavy atom. The second-order valence-corrected chi connectivity index (χ2v) is 6.02. The van der Waals surface area contributed by atoms with E-state index >= 15 is 0 Å². The Kier molecular flexibility index (Phi) is 5.86. The van der Waals surface area contributed by atoms with Crippen molar-refractivity contribution in [2.24, 2.45) is 0 Å². The summed E-state index contributed by atoms with van der Waals surface area (Å²) in [5.41, 5.74) is 1.25. The number of nitrogens with zero attached hydrogens (tertiary/aromatic N) is 1. The first-order valence-electron chi connectivity index (χ1n) is 7.82. The maximum Gasteiger partial charge on any atom is 0.119 e. The smallest absolute Gasteiger partial charge is 0.119 e. The van der Waals surface area contributed by atoms with Crippen molar-refractivity contribution in [3.8, 4) is 5.75 Å². The molecule has 1 aliphatic rings. The lowest BCUT2D eigenvalue weighted by molar-refractivity contribution is 0.158. The molecule has 0 bridgehead atoms. The highest BCUT2D eigenvalue weighted by Gasteiger charge is 2.19. The van der Waals surface area contributed by atoms with Crippen LogP contribution in [0.4, 0.5) is 0 Å². The average molecular weight is 276 g/mol. The minimum Gasteiger partial charge on any atom is -0.492 e. The molecule has 0 unspecified atom stereocenters. The van der Waals surface area contributed by atoms with Gasteiger partial charge in [0.05, 0.1) is 0 Å². The van der Waals surface area contributed by atoms with Crippen molar-refractivity contribution in [1.29, 1.82) is 0 Å². The van der Waals surface area contributed by atoms with Gasteiger partial charge >= 0.3 is 0 Å². The fraction of sp³-hybridized carbons (Fsp3) is 0.647. The van der Waals surface area contributed by atoms with Crippen molar-refractivity contribution in [2.45, 2.75) is 45.7 Å². The first-order valence-corrected chi connectivity index (χ1v) is 7.82. The number of likely N-dealkylation sites (tertiary alicyclic amines) is 1. The van der Waals surface area contributed by atoms with Gasteiger partial charge in [0, 0.05) is 18.6 Å². The van der Waals surface area contributed by atoms with E-state index in [4.69, 9.17) is 4.74 Å². The van der Waals surface area contributed by atoms with E-state index in [0.717, 1.165) is 18.9 Å². The zero-order valence-corrected chi connectivity index (χ0v) is 13.1. The van der Waals surface area contributed by atoms with Gasteiger partial charge in [-0.15, -0.1) is 0 Å². The highest BCUT2D eigenvalue weighted by molar-refractivity contribution is 5.27. The molecule has 1 heterocycles. The molecule has 1 fully saturated rings. The second-order valence-electron chi connectivity index (χ2n) is 6.02. The molecule has 0 aliphatic carbocycles. The number of ether oxygens (including phenoxy) is 1. The van der Waals surface area contributed by atoms with E-state index in [0.29, 0.717) is 12.1 Å². The van der Waals surface area contributed by atoms with Crippen LogP contribution in [0.1, 0.15) is 32.3 Å². The Bertz CT molecular complexity index is 398. The minimum atomic E-state index is 0.658. The Balaban J connectivity index is 1.60. The van der Waals surface area contributed by atoms with Gasteiger partial charge in [0.15, 0.2) is 0 Å². The summed E-state index contributed by atoms with van der Waals surface area (Å²) in [5, 5.41) is 3.61. The zero-order valence-electron chi connectivity index (χ0n) is 13.1. The molecular formula is C17H28N2O. The standard InChI is InChI=1S/C17H28N2O/c1-14(2)19-10-7-16(8-11-19)18-9-12-20-17-6-4-5-15(3)13-17/h4-6,13-14,16,18H,7-12H2,1-3H3. The molecule has 0 saturated carbocycles. The predicted octanol–water partition coefficient (Wildman–Crippen LogP) is 2.84. The van der Waals surface area contributed by atoms with Crippen LogP contribution in [0.15, 0.2) is 24.3 Å². The van der Waals surface area contributed by atoms with Crippen LogP contribution < -0.4 is 10.1 Å². The van der Waals surface area contributed by atoms with Crippen LogP contribution in [-0.4, -0.2) is 43.2 Å². The van der Waals surface area contributed by atoms with Gasteiger partial charge in [0.1, 0.15) is 12.4 Å². The molecule has 3 nitrogen and oxygen atoms in total. The maximum absolute atomic E-state index is 5.76. The van der Waals surface area contributed by atoms with E-state index in [9.17, 15) is 0 Å². The first kappa shape index (κ1) is 15.3. The van der Waals surface area contributed by atoms with E-state index in [2.05, 4.69) is 43.1 Å². The largest absolute Gasteiger partial charge is 0.492 e. The van der Waals surface area contributed by atoms with E-state index < -0.39 is 0 Å².